The van der Waals surface area contributed by atoms with E-state index in [1.54, 1.807) is 10.8 Å². The topological polar surface area (TPSA) is 53.2 Å². The summed E-state index contributed by atoms with van der Waals surface area (Å²) in [5, 5.41) is 0. The molecule has 1 aliphatic heterocycles. The Kier molecular flexibility index (Phi) is 4.26. The first-order valence-electron chi connectivity index (χ1n) is 6.18. The van der Waals surface area contributed by atoms with Gasteiger partial charge >= 0.3 is 5.69 Å². The first-order valence-corrected chi connectivity index (χ1v) is 7.26. The third-order valence-corrected chi connectivity index (χ3v) is 3.98. The monoisotopic (exact) mass is 364 g/mol. The number of aryl methyl sites for hydroxylation is 1. The lowest BCUT2D eigenvalue weighted by molar-refractivity contribution is 0.0441. The van der Waals surface area contributed by atoms with Gasteiger partial charge < -0.3 is 4.74 Å². The van der Waals surface area contributed by atoms with Crippen molar-refractivity contribution in [2.75, 3.05) is 0 Å². The van der Waals surface area contributed by atoms with Crippen molar-refractivity contribution >= 4 is 22.6 Å². The molecule has 1 aromatic rings. The molecule has 1 saturated heterocycles. The van der Waals surface area contributed by atoms with Gasteiger partial charge in [0.25, 0.3) is 5.56 Å². The molecule has 0 radical (unpaired) electrons. The second-order valence-corrected chi connectivity index (χ2v) is 5.77. The van der Waals surface area contributed by atoms with E-state index in [-0.39, 0.29) is 23.5 Å². The molecule has 2 atom stereocenters. The lowest BCUT2D eigenvalue weighted by Crippen LogP contribution is -2.43. The van der Waals surface area contributed by atoms with Crippen LogP contribution in [0.4, 0.5) is 0 Å². The van der Waals surface area contributed by atoms with Gasteiger partial charge in [-0.15, -0.1) is 0 Å². The van der Waals surface area contributed by atoms with Crippen molar-refractivity contribution in [3.63, 3.8) is 0 Å². The van der Waals surface area contributed by atoms with Crippen LogP contribution >= 0.6 is 22.6 Å². The van der Waals surface area contributed by atoms with Crippen LogP contribution in [0, 0.1) is 3.57 Å². The maximum atomic E-state index is 12.1. The van der Waals surface area contributed by atoms with Crippen molar-refractivity contribution < 1.29 is 4.74 Å². The first-order chi connectivity index (χ1) is 8.52. The first kappa shape index (κ1) is 13.8. The van der Waals surface area contributed by atoms with E-state index in [4.69, 9.17) is 4.74 Å². The van der Waals surface area contributed by atoms with Crippen LogP contribution in [0.1, 0.15) is 26.7 Å². The summed E-state index contributed by atoms with van der Waals surface area (Å²) >= 11 is 1.97. The number of ether oxygens (including phenoxy) is 1. The van der Waals surface area contributed by atoms with E-state index in [9.17, 15) is 9.59 Å². The Morgan fingerprint density at radius 2 is 2.17 bits per heavy atom. The van der Waals surface area contributed by atoms with Crippen molar-refractivity contribution in [2.45, 2.75) is 52.0 Å². The van der Waals surface area contributed by atoms with Crippen LogP contribution in [0.2, 0.25) is 0 Å². The van der Waals surface area contributed by atoms with E-state index in [0.29, 0.717) is 16.7 Å². The highest BCUT2D eigenvalue weighted by molar-refractivity contribution is 14.1. The smallest absolute Gasteiger partial charge is 0.331 e. The quantitative estimate of drug-likeness (QED) is 0.758. The second kappa shape index (κ2) is 5.56. The predicted molar refractivity (Wildman–Crippen MR) is 76.9 cm³/mol. The third-order valence-electron chi connectivity index (χ3n) is 3.24. The maximum absolute atomic E-state index is 12.1. The Balaban J connectivity index is 2.35. The predicted octanol–water partition coefficient (Wildman–Crippen LogP) is 1.20. The Morgan fingerprint density at radius 3 is 2.72 bits per heavy atom. The molecule has 18 heavy (non-hydrogen) atoms. The number of hydrogen-bond donors (Lipinski definition) is 0. The summed E-state index contributed by atoms with van der Waals surface area (Å²) in [7, 11) is 0. The fraction of sp³-hybridized carbons (Fsp3) is 0.667. The SMILES string of the molecule is CCn1cc(I)c(=O)n(CC2CCC(C)O2)c1=O. The maximum Gasteiger partial charge on any atom is 0.331 e. The van der Waals surface area contributed by atoms with E-state index in [1.807, 2.05) is 36.4 Å². The second-order valence-electron chi connectivity index (χ2n) is 4.61. The molecule has 0 amide bonds. The average molecular weight is 364 g/mol. The van der Waals surface area contributed by atoms with Crippen molar-refractivity contribution in [1.82, 2.24) is 9.13 Å². The molecule has 5 nitrogen and oxygen atoms in total. The lowest BCUT2D eigenvalue weighted by Gasteiger charge is -2.14. The lowest BCUT2D eigenvalue weighted by atomic mass is 10.2. The van der Waals surface area contributed by atoms with E-state index >= 15 is 0 Å². The molecule has 0 aromatic carbocycles. The van der Waals surface area contributed by atoms with Gasteiger partial charge in [0.05, 0.1) is 22.3 Å². The van der Waals surface area contributed by atoms with Gasteiger partial charge in [0.2, 0.25) is 0 Å². The van der Waals surface area contributed by atoms with Crippen LogP contribution in [0.3, 0.4) is 0 Å². The molecule has 0 saturated carbocycles. The molecule has 2 unspecified atom stereocenters. The highest BCUT2D eigenvalue weighted by atomic mass is 127. The minimum Gasteiger partial charge on any atom is -0.373 e. The number of hydrogen-bond acceptors (Lipinski definition) is 3. The summed E-state index contributed by atoms with van der Waals surface area (Å²) in [5.74, 6) is 0. The minimum absolute atomic E-state index is 0.0195. The molecule has 100 valence electrons. The molecule has 0 spiro atoms. The van der Waals surface area contributed by atoms with Gasteiger partial charge in [-0.2, -0.15) is 0 Å². The van der Waals surface area contributed by atoms with E-state index in [2.05, 4.69) is 0 Å². The Morgan fingerprint density at radius 1 is 1.44 bits per heavy atom. The fourth-order valence-electron chi connectivity index (χ4n) is 2.23. The Labute approximate surface area is 119 Å². The average Bonchev–Trinajstić information content (AvgIpc) is 2.75. The van der Waals surface area contributed by atoms with E-state index in [1.165, 1.54) is 4.57 Å². The van der Waals surface area contributed by atoms with Gasteiger partial charge in [0.1, 0.15) is 0 Å². The van der Waals surface area contributed by atoms with Crippen molar-refractivity contribution in [1.29, 1.82) is 0 Å². The van der Waals surface area contributed by atoms with Crippen molar-refractivity contribution in [3.05, 3.63) is 30.6 Å². The summed E-state index contributed by atoms with van der Waals surface area (Å²) < 4.78 is 9.10. The molecule has 6 heteroatoms. The summed E-state index contributed by atoms with van der Waals surface area (Å²) in [6.45, 7) is 4.83. The zero-order chi connectivity index (χ0) is 13.3. The van der Waals surface area contributed by atoms with E-state index < -0.39 is 0 Å². The summed E-state index contributed by atoms with van der Waals surface area (Å²) in [6.07, 6.45) is 3.71. The standard InChI is InChI=1S/C12H17IN2O3/c1-3-14-7-10(13)11(16)15(12(14)17)6-9-5-4-8(2)18-9/h7-9H,3-6H2,1-2H3. The molecule has 2 rings (SSSR count). The molecule has 1 aliphatic rings. The molecular formula is C12H17IN2O3. The Hall–Kier alpha value is -0.630. The summed E-state index contributed by atoms with van der Waals surface area (Å²) in [5.41, 5.74) is -0.459. The normalized spacial score (nSPS) is 23.5. The summed E-state index contributed by atoms with van der Waals surface area (Å²) in [6, 6.07) is 0. The van der Waals surface area contributed by atoms with Crippen LogP contribution in [0.5, 0.6) is 0 Å². The van der Waals surface area contributed by atoms with Crippen molar-refractivity contribution in [3.8, 4) is 0 Å². The molecule has 0 aliphatic carbocycles. The Bertz CT molecular complexity index is 549. The molecule has 1 aromatic heterocycles. The van der Waals surface area contributed by atoms with Gasteiger partial charge in [-0.05, 0) is 49.3 Å². The summed E-state index contributed by atoms with van der Waals surface area (Å²) in [4.78, 5) is 24.1. The number of halogens is 1. The van der Waals surface area contributed by atoms with Crippen LogP contribution < -0.4 is 11.2 Å². The molecule has 0 bridgehead atoms. The molecule has 0 N–H and O–H groups in total. The fourth-order valence-corrected chi connectivity index (χ4v) is 2.86. The largest absolute Gasteiger partial charge is 0.373 e. The van der Waals surface area contributed by atoms with Gasteiger partial charge in [0, 0.05) is 12.7 Å². The van der Waals surface area contributed by atoms with Crippen LogP contribution in [0.15, 0.2) is 15.8 Å². The molecular weight excluding hydrogens is 347 g/mol. The van der Waals surface area contributed by atoms with Gasteiger partial charge in [0.15, 0.2) is 0 Å². The number of nitrogens with zero attached hydrogens (tertiary/aromatic N) is 2. The molecule has 2 heterocycles. The van der Waals surface area contributed by atoms with E-state index in [0.717, 1.165) is 12.8 Å². The van der Waals surface area contributed by atoms with Crippen molar-refractivity contribution in [2.24, 2.45) is 0 Å². The highest BCUT2D eigenvalue weighted by Gasteiger charge is 2.23. The van der Waals surface area contributed by atoms with Crippen LogP contribution in [-0.2, 0) is 17.8 Å². The zero-order valence-electron chi connectivity index (χ0n) is 10.6. The van der Waals surface area contributed by atoms with Gasteiger partial charge in [-0.3, -0.25) is 13.9 Å². The zero-order valence-corrected chi connectivity index (χ0v) is 12.7. The third kappa shape index (κ3) is 2.69. The highest BCUT2D eigenvalue weighted by Crippen LogP contribution is 2.19. The van der Waals surface area contributed by atoms with Gasteiger partial charge in [-0.1, -0.05) is 0 Å². The number of rotatable bonds is 3. The number of aromatic nitrogens is 2. The van der Waals surface area contributed by atoms with Crippen LogP contribution in [0.25, 0.3) is 0 Å². The van der Waals surface area contributed by atoms with Gasteiger partial charge in [-0.25, -0.2) is 4.79 Å². The molecule has 1 fully saturated rings. The minimum atomic E-state index is -0.244. The van der Waals surface area contributed by atoms with Crippen LogP contribution in [-0.4, -0.2) is 21.3 Å².